The number of rotatable bonds is 6. The number of nitrogen functional groups attached to an aromatic ring is 1. The monoisotopic (exact) mass is 410 g/mol. The van der Waals surface area contributed by atoms with E-state index in [-0.39, 0.29) is 24.6 Å². The van der Waals surface area contributed by atoms with Gasteiger partial charge in [-0.1, -0.05) is 35.5 Å². The van der Waals surface area contributed by atoms with E-state index < -0.39 is 11.2 Å². The van der Waals surface area contributed by atoms with Gasteiger partial charge in [0.1, 0.15) is 11.5 Å². The van der Waals surface area contributed by atoms with Gasteiger partial charge in [0, 0.05) is 18.0 Å². The van der Waals surface area contributed by atoms with Crippen molar-refractivity contribution in [3.63, 3.8) is 0 Å². The van der Waals surface area contributed by atoms with Gasteiger partial charge in [-0.25, -0.2) is 4.79 Å². The molecule has 0 amide bonds. The van der Waals surface area contributed by atoms with Gasteiger partial charge in [0.25, 0.3) is 5.56 Å². The summed E-state index contributed by atoms with van der Waals surface area (Å²) in [6, 6.07) is 11.3. The fourth-order valence-electron chi connectivity index (χ4n) is 2.98. The number of hydrogen-bond donors (Lipinski definition) is 2. The van der Waals surface area contributed by atoms with Crippen molar-refractivity contribution in [2.75, 3.05) is 17.7 Å². The van der Waals surface area contributed by atoms with Crippen LogP contribution < -0.4 is 21.9 Å². The van der Waals surface area contributed by atoms with Crippen molar-refractivity contribution in [3.05, 3.63) is 79.5 Å². The Hall–Kier alpha value is -3.66. The molecule has 3 heterocycles. The summed E-state index contributed by atoms with van der Waals surface area (Å²) in [5.41, 5.74) is 6.98. The summed E-state index contributed by atoms with van der Waals surface area (Å²) in [4.78, 5) is 33.0. The number of anilines is 2. The molecule has 148 valence electrons. The van der Waals surface area contributed by atoms with Crippen LogP contribution in [-0.4, -0.2) is 26.7 Å². The summed E-state index contributed by atoms with van der Waals surface area (Å²) in [7, 11) is 1.67. The van der Waals surface area contributed by atoms with Crippen molar-refractivity contribution in [3.8, 4) is 11.4 Å². The highest BCUT2D eigenvalue weighted by atomic mass is 32.1. The van der Waals surface area contributed by atoms with Gasteiger partial charge in [-0.05, 0) is 17.0 Å². The summed E-state index contributed by atoms with van der Waals surface area (Å²) in [5.74, 6) is 0.876. The number of nitrogens with zero attached hydrogens (tertiary/aromatic N) is 4. The summed E-state index contributed by atoms with van der Waals surface area (Å²) in [5, 5.41) is 7.80. The molecule has 4 aromatic rings. The van der Waals surface area contributed by atoms with Crippen LogP contribution in [0.25, 0.3) is 11.4 Å². The zero-order valence-electron chi connectivity index (χ0n) is 15.5. The standard InChI is InChI=1S/C19H18N6O3S/c1-24(10-14-21-17(23-28-14)13-7-8-29-11-13)15-16(20)25(19(27)22-18(15)26)9-12-5-3-2-4-6-12/h2-8,11H,9-10,20H2,1H3,(H,22,26,27). The molecule has 10 heteroatoms. The van der Waals surface area contributed by atoms with Gasteiger partial charge in [0.05, 0.1) is 13.1 Å². The lowest BCUT2D eigenvalue weighted by Crippen LogP contribution is -2.37. The lowest BCUT2D eigenvalue weighted by molar-refractivity contribution is 0.378. The van der Waals surface area contributed by atoms with E-state index >= 15 is 0 Å². The number of nitrogens with one attached hydrogen (secondary N) is 1. The summed E-state index contributed by atoms with van der Waals surface area (Å²) >= 11 is 1.54. The molecule has 3 N–H and O–H groups in total. The van der Waals surface area contributed by atoms with Crippen molar-refractivity contribution in [1.82, 2.24) is 19.7 Å². The lowest BCUT2D eigenvalue weighted by atomic mass is 10.2. The van der Waals surface area contributed by atoms with Crippen LogP contribution in [0.3, 0.4) is 0 Å². The van der Waals surface area contributed by atoms with Crippen LogP contribution in [0.2, 0.25) is 0 Å². The number of nitrogens with two attached hydrogens (primary N) is 1. The second-order valence-corrected chi connectivity index (χ2v) is 7.22. The van der Waals surface area contributed by atoms with E-state index in [0.29, 0.717) is 11.7 Å². The van der Waals surface area contributed by atoms with E-state index in [9.17, 15) is 9.59 Å². The molecule has 4 rings (SSSR count). The average molecular weight is 410 g/mol. The van der Waals surface area contributed by atoms with Crippen molar-refractivity contribution < 1.29 is 4.52 Å². The smallest absolute Gasteiger partial charge is 0.330 e. The largest absolute Gasteiger partial charge is 0.383 e. The molecule has 0 bridgehead atoms. The molecule has 0 unspecified atom stereocenters. The highest BCUT2D eigenvalue weighted by Gasteiger charge is 2.19. The molecule has 1 aromatic carbocycles. The topological polar surface area (TPSA) is 123 Å². The van der Waals surface area contributed by atoms with Gasteiger partial charge in [-0.3, -0.25) is 14.3 Å². The quantitative estimate of drug-likeness (QED) is 0.498. The molecular weight excluding hydrogens is 392 g/mol. The zero-order valence-corrected chi connectivity index (χ0v) is 16.3. The molecule has 0 fully saturated rings. The summed E-state index contributed by atoms with van der Waals surface area (Å²) in [6.07, 6.45) is 0. The first-order valence-corrected chi connectivity index (χ1v) is 9.70. The fraction of sp³-hybridized carbons (Fsp3) is 0.158. The van der Waals surface area contributed by atoms with Crippen LogP contribution in [0.4, 0.5) is 11.5 Å². The molecule has 0 saturated carbocycles. The van der Waals surface area contributed by atoms with Crippen molar-refractivity contribution >= 4 is 22.8 Å². The Kier molecular flexibility index (Phi) is 5.00. The predicted octanol–water partition coefficient (Wildman–Crippen LogP) is 1.91. The molecule has 0 spiro atoms. The minimum atomic E-state index is -0.572. The molecular formula is C19H18N6O3S. The molecule has 0 atom stereocenters. The van der Waals surface area contributed by atoms with E-state index in [4.69, 9.17) is 10.3 Å². The first-order valence-electron chi connectivity index (χ1n) is 8.75. The van der Waals surface area contributed by atoms with E-state index in [1.165, 1.54) is 15.9 Å². The van der Waals surface area contributed by atoms with Crippen LogP contribution >= 0.6 is 11.3 Å². The molecule has 0 aliphatic heterocycles. The van der Waals surface area contributed by atoms with E-state index in [2.05, 4.69) is 15.1 Å². The van der Waals surface area contributed by atoms with Crippen molar-refractivity contribution in [2.24, 2.45) is 0 Å². The SMILES string of the molecule is CN(Cc1nc(-c2ccsc2)no1)c1c(N)n(Cc2ccccc2)c(=O)[nH]c1=O. The highest BCUT2D eigenvalue weighted by molar-refractivity contribution is 7.08. The van der Waals surface area contributed by atoms with Crippen LogP contribution in [0, 0.1) is 0 Å². The molecule has 0 aliphatic carbocycles. The van der Waals surface area contributed by atoms with Gasteiger partial charge in [0.2, 0.25) is 11.7 Å². The Balaban J connectivity index is 1.63. The maximum Gasteiger partial charge on any atom is 0.330 e. The first kappa shape index (κ1) is 18.7. The predicted molar refractivity (Wildman–Crippen MR) is 111 cm³/mol. The number of benzene rings is 1. The Morgan fingerprint density at radius 1 is 1.24 bits per heavy atom. The highest BCUT2D eigenvalue weighted by Crippen LogP contribution is 2.21. The Bertz CT molecular complexity index is 1230. The lowest BCUT2D eigenvalue weighted by Gasteiger charge is -2.20. The van der Waals surface area contributed by atoms with Gasteiger partial charge in [0.15, 0.2) is 0 Å². The maximum absolute atomic E-state index is 12.4. The molecule has 0 aliphatic rings. The third-order valence-electron chi connectivity index (χ3n) is 4.40. The van der Waals surface area contributed by atoms with Crippen molar-refractivity contribution in [1.29, 1.82) is 0 Å². The molecule has 0 saturated heterocycles. The van der Waals surface area contributed by atoms with Crippen molar-refractivity contribution in [2.45, 2.75) is 13.1 Å². The van der Waals surface area contributed by atoms with Crippen LogP contribution in [0.15, 0.2) is 61.3 Å². The van der Waals surface area contributed by atoms with E-state index in [1.807, 2.05) is 47.2 Å². The summed E-state index contributed by atoms with van der Waals surface area (Å²) in [6.45, 7) is 0.403. The zero-order chi connectivity index (χ0) is 20.4. The maximum atomic E-state index is 12.4. The molecule has 3 aromatic heterocycles. The number of hydrogen-bond acceptors (Lipinski definition) is 8. The van der Waals surface area contributed by atoms with Crippen LogP contribution in [-0.2, 0) is 13.1 Å². The minimum absolute atomic E-state index is 0.0719. The van der Waals surface area contributed by atoms with E-state index in [1.54, 1.807) is 11.9 Å². The third kappa shape index (κ3) is 3.83. The first-order chi connectivity index (χ1) is 14.0. The Morgan fingerprint density at radius 3 is 2.76 bits per heavy atom. The second kappa shape index (κ2) is 7.76. The number of H-pyrrole nitrogens is 1. The fourth-order valence-corrected chi connectivity index (χ4v) is 3.61. The van der Waals surface area contributed by atoms with Crippen LogP contribution in [0.1, 0.15) is 11.5 Å². The molecule has 9 nitrogen and oxygen atoms in total. The Morgan fingerprint density at radius 2 is 2.03 bits per heavy atom. The van der Waals surface area contributed by atoms with Crippen LogP contribution in [0.5, 0.6) is 0 Å². The summed E-state index contributed by atoms with van der Waals surface area (Å²) < 4.78 is 6.62. The molecule has 0 radical (unpaired) electrons. The normalized spacial score (nSPS) is 10.9. The second-order valence-electron chi connectivity index (χ2n) is 6.44. The van der Waals surface area contributed by atoms with Gasteiger partial charge in [-0.2, -0.15) is 16.3 Å². The van der Waals surface area contributed by atoms with Gasteiger partial charge < -0.3 is 15.2 Å². The number of thiophene rings is 1. The van der Waals surface area contributed by atoms with Gasteiger partial charge in [-0.15, -0.1) is 0 Å². The van der Waals surface area contributed by atoms with E-state index in [0.717, 1.165) is 11.1 Å². The number of aromatic amines is 1. The Labute approximate surface area is 169 Å². The minimum Gasteiger partial charge on any atom is -0.383 e. The molecule has 29 heavy (non-hydrogen) atoms. The van der Waals surface area contributed by atoms with Gasteiger partial charge >= 0.3 is 5.69 Å². The average Bonchev–Trinajstić information content (AvgIpc) is 3.37. The number of aromatic nitrogens is 4. The third-order valence-corrected chi connectivity index (χ3v) is 5.08.